The van der Waals surface area contributed by atoms with Crippen LogP contribution < -0.4 is 9.62 Å². The van der Waals surface area contributed by atoms with Crippen molar-refractivity contribution in [2.24, 2.45) is 0 Å². The Balaban J connectivity index is 2.20. The molecule has 0 heterocycles. The van der Waals surface area contributed by atoms with Gasteiger partial charge in [-0.05, 0) is 56.0 Å². The standard InChI is InChI=1S/C25H33Cl2N3O4S/c1-5-14-28-25(32)19(3)29(17-20-10-7-6-9-18(20)2)24(31)11-8-15-30(35(4,33)34)23-16-21(26)12-13-22(23)27/h6-7,9-10,12-13,16,19H,5,8,11,14-15,17H2,1-4H3,(H,28,32). The van der Waals surface area contributed by atoms with Gasteiger partial charge in [0, 0.05) is 31.1 Å². The Labute approximate surface area is 218 Å². The topological polar surface area (TPSA) is 86.8 Å². The van der Waals surface area contributed by atoms with Crippen LogP contribution in [0.15, 0.2) is 42.5 Å². The zero-order chi connectivity index (χ0) is 26.2. The summed E-state index contributed by atoms with van der Waals surface area (Å²) in [5.41, 5.74) is 2.22. The van der Waals surface area contributed by atoms with Crippen molar-refractivity contribution >= 4 is 50.7 Å². The van der Waals surface area contributed by atoms with Crippen molar-refractivity contribution < 1.29 is 18.0 Å². The van der Waals surface area contributed by atoms with Crippen LogP contribution in [0.2, 0.25) is 10.0 Å². The third-order valence-electron chi connectivity index (χ3n) is 5.65. The minimum absolute atomic E-state index is 0.0409. The minimum atomic E-state index is -3.67. The lowest BCUT2D eigenvalue weighted by atomic mass is 10.1. The quantitative estimate of drug-likeness (QED) is 0.418. The number of hydrogen-bond donors (Lipinski definition) is 1. The smallest absolute Gasteiger partial charge is 0.242 e. The van der Waals surface area contributed by atoms with Crippen LogP contribution in [0.3, 0.4) is 0 Å². The second-order valence-electron chi connectivity index (χ2n) is 8.45. The van der Waals surface area contributed by atoms with Crippen LogP contribution >= 0.6 is 23.2 Å². The highest BCUT2D eigenvalue weighted by atomic mass is 35.5. The van der Waals surface area contributed by atoms with Gasteiger partial charge in [0.2, 0.25) is 21.8 Å². The molecule has 1 atom stereocenters. The van der Waals surface area contributed by atoms with Gasteiger partial charge in [-0.1, -0.05) is 54.4 Å². The minimum Gasteiger partial charge on any atom is -0.354 e. The van der Waals surface area contributed by atoms with Crippen molar-refractivity contribution in [1.82, 2.24) is 10.2 Å². The second kappa shape index (κ2) is 13.1. The Morgan fingerprint density at radius 1 is 1.11 bits per heavy atom. The largest absolute Gasteiger partial charge is 0.354 e. The molecule has 0 aliphatic carbocycles. The number of amides is 2. The van der Waals surface area contributed by atoms with Gasteiger partial charge in [-0.3, -0.25) is 13.9 Å². The van der Waals surface area contributed by atoms with Gasteiger partial charge in [-0.25, -0.2) is 8.42 Å². The fourth-order valence-corrected chi connectivity index (χ4v) is 5.01. The Morgan fingerprint density at radius 3 is 2.43 bits per heavy atom. The Hall–Kier alpha value is -2.29. The maximum Gasteiger partial charge on any atom is 0.242 e. The second-order valence-corrected chi connectivity index (χ2v) is 11.2. The van der Waals surface area contributed by atoms with Crippen LogP contribution in [0.4, 0.5) is 5.69 Å². The van der Waals surface area contributed by atoms with Crippen molar-refractivity contribution in [3.05, 3.63) is 63.6 Å². The Bertz CT molecular complexity index is 1140. The number of nitrogens with zero attached hydrogens (tertiary/aromatic N) is 2. The number of halogens is 2. The van der Waals surface area contributed by atoms with Crippen LogP contribution in [0, 0.1) is 6.92 Å². The van der Waals surface area contributed by atoms with Crippen molar-refractivity contribution in [1.29, 1.82) is 0 Å². The first-order valence-electron chi connectivity index (χ1n) is 11.5. The number of carbonyl (C=O) groups is 2. The van der Waals surface area contributed by atoms with E-state index in [0.29, 0.717) is 11.6 Å². The molecule has 2 aromatic rings. The third-order valence-corrected chi connectivity index (χ3v) is 7.38. The number of rotatable bonds is 12. The van der Waals surface area contributed by atoms with E-state index in [9.17, 15) is 18.0 Å². The Morgan fingerprint density at radius 2 is 1.80 bits per heavy atom. The molecule has 10 heteroatoms. The molecule has 0 fully saturated rings. The van der Waals surface area contributed by atoms with E-state index in [1.807, 2.05) is 38.1 Å². The summed E-state index contributed by atoms with van der Waals surface area (Å²) in [4.78, 5) is 27.5. The molecule has 1 unspecified atom stereocenters. The van der Waals surface area contributed by atoms with Gasteiger partial charge in [0.05, 0.1) is 17.0 Å². The van der Waals surface area contributed by atoms with Crippen molar-refractivity contribution in [2.45, 2.75) is 52.6 Å². The molecule has 0 radical (unpaired) electrons. The predicted octanol–water partition coefficient (Wildman–Crippen LogP) is 4.79. The third kappa shape index (κ3) is 8.40. The first-order valence-corrected chi connectivity index (χ1v) is 14.1. The molecular weight excluding hydrogens is 509 g/mol. The van der Waals surface area contributed by atoms with Gasteiger partial charge in [-0.2, -0.15) is 0 Å². The van der Waals surface area contributed by atoms with E-state index >= 15 is 0 Å². The Kier molecular flexibility index (Phi) is 10.9. The molecule has 1 N–H and O–H groups in total. The lowest BCUT2D eigenvalue weighted by Crippen LogP contribution is -2.48. The van der Waals surface area contributed by atoms with Crippen molar-refractivity contribution in [3.63, 3.8) is 0 Å². The summed E-state index contributed by atoms with van der Waals surface area (Å²) in [7, 11) is -3.67. The maximum atomic E-state index is 13.3. The first kappa shape index (κ1) is 28.9. The molecule has 2 rings (SSSR count). The van der Waals surface area contributed by atoms with Gasteiger partial charge in [0.25, 0.3) is 0 Å². The summed E-state index contributed by atoms with van der Waals surface area (Å²) in [6.07, 6.45) is 2.16. The van der Waals surface area contributed by atoms with Gasteiger partial charge in [0.15, 0.2) is 0 Å². The summed E-state index contributed by atoms with van der Waals surface area (Å²) in [6, 6.07) is 11.6. The zero-order valence-electron chi connectivity index (χ0n) is 20.6. The summed E-state index contributed by atoms with van der Waals surface area (Å²) in [5.74, 6) is -0.463. The number of carbonyl (C=O) groups excluding carboxylic acids is 2. The van der Waals surface area contributed by atoms with Gasteiger partial charge >= 0.3 is 0 Å². The molecule has 0 saturated heterocycles. The first-order chi connectivity index (χ1) is 16.5. The van der Waals surface area contributed by atoms with Gasteiger partial charge < -0.3 is 10.2 Å². The fourth-order valence-electron chi connectivity index (χ4n) is 3.61. The molecule has 35 heavy (non-hydrogen) atoms. The summed E-state index contributed by atoms with van der Waals surface area (Å²) < 4.78 is 26.1. The van der Waals surface area contributed by atoms with Crippen LogP contribution in [-0.4, -0.2) is 50.5 Å². The molecule has 2 aromatic carbocycles. The van der Waals surface area contributed by atoms with Gasteiger partial charge in [0.1, 0.15) is 6.04 Å². The number of aryl methyl sites for hydroxylation is 1. The highest BCUT2D eigenvalue weighted by Crippen LogP contribution is 2.31. The molecule has 0 aliphatic rings. The number of nitrogens with one attached hydrogen (secondary N) is 1. The van der Waals surface area contributed by atoms with E-state index in [4.69, 9.17) is 23.2 Å². The zero-order valence-corrected chi connectivity index (χ0v) is 22.9. The van der Waals surface area contributed by atoms with Crippen LogP contribution in [0.1, 0.15) is 44.2 Å². The molecule has 0 saturated carbocycles. The van der Waals surface area contributed by atoms with Crippen LogP contribution in [-0.2, 0) is 26.2 Å². The molecule has 0 bridgehead atoms. The monoisotopic (exact) mass is 541 g/mol. The normalized spacial score (nSPS) is 12.2. The summed E-state index contributed by atoms with van der Waals surface area (Å²) in [5, 5.41) is 3.44. The lowest BCUT2D eigenvalue weighted by Gasteiger charge is -2.30. The van der Waals surface area contributed by atoms with E-state index in [1.54, 1.807) is 17.9 Å². The molecule has 0 aromatic heterocycles. The summed E-state index contributed by atoms with van der Waals surface area (Å²) in [6.45, 7) is 6.47. The predicted molar refractivity (Wildman–Crippen MR) is 142 cm³/mol. The fraction of sp³-hybridized carbons (Fsp3) is 0.440. The summed E-state index contributed by atoms with van der Waals surface area (Å²) >= 11 is 12.3. The maximum absolute atomic E-state index is 13.3. The van der Waals surface area contributed by atoms with Gasteiger partial charge in [-0.15, -0.1) is 0 Å². The van der Waals surface area contributed by atoms with E-state index < -0.39 is 16.1 Å². The van der Waals surface area contributed by atoms with E-state index in [1.165, 1.54) is 12.1 Å². The highest BCUT2D eigenvalue weighted by molar-refractivity contribution is 7.92. The molecule has 0 aliphatic heterocycles. The number of sulfonamides is 1. The molecule has 2 amide bonds. The van der Waals surface area contributed by atoms with Crippen molar-refractivity contribution in [2.75, 3.05) is 23.7 Å². The van der Waals surface area contributed by atoms with Crippen molar-refractivity contribution in [3.8, 4) is 0 Å². The van der Waals surface area contributed by atoms with Crippen LogP contribution in [0.5, 0.6) is 0 Å². The average Bonchev–Trinajstić information content (AvgIpc) is 2.80. The number of anilines is 1. The molecule has 0 spiro atoms. The average molecular weight is 543 g/mol. The molecular formula is C25H33Cl2N3O4S. The van der Waals surface area contributed by atoms with E-state index in [2.05, 4.69) is 5.32 Å². The van der Waals surface area contributed by atoms with E-state index in [-0.39, 0.29) is 48.5 Å². The molecule has 7 nitrogen and oxygen atoms in total. The van der Waals surface area contributed by atoms with Crippen LogP contribution in [0.25, 0.3) is 0 Å². The lowest BCUT2D eigenvalue weighted by molar-refractivity contribution is -0.140. The number of hydrogen-bond acceptors (Lipinski definition) is 4. The highest BCUT2D eigenvalue weighted by Gasteiger charge is 2.27. The molecule has 192 valence electrons. The SMILES string of the molecule is CCCNC(=O)C(C)N(Cc1ccccc1C)C(=O)CCCN(c1cc(Cl)ccc1Cl)S(C)(=O)=O. The van der Waals surface area contributed by atoms with E-state index in [0.717, 1.165) is 28.1 Å². The number of benzene rings is 2.